The number of fused-ring (bicyclic) bond motifs is 3. The van der Waals surface area contributed by atoms with E-state index in [2.05, 4.69) is 6.58 Å². The molecule has 1 saturated carbocycles. The van der Waals surface area contributed by atoms with Crippen molar-refractivity contribution in [2.45, 2.75) is 84.7 Å². The van der Waals surface area contributed by atoms with Gasteiger partial charge in [0, 0.05) is 17.6 Å². The van der Waals surface area contributed by atoms with E-state index < -0.39 is 65.0 Å². The fourth-order valence-electron chi connectivity index (χ4n) is 5.36. The van der Waals surface area contributed by atoms with Crippen LogP contribution < -0.4 is 0 Å². The van der Waals surface area contributed by atoms with Crippen LogP contribution in [-0.4, -0.2) is 52.7 Å². The predicted molar refractivity (Wildman–Crippen MR) is 127 cm³/mol. The lowest BCUT2D eigenvalue weighted by Crippen LogP contribution is -2.55. The Bertz CT molecular complexity index is 989. The Labute approximate surface area is 206 Å². The number of hydrogen-bond donors (Lipinski definition) is 1. The molecular weight excluding hydrogens is 452 g/mol. The molecule has 1 saturated heterocycles. The Morgan fingerprint density at radius 1 is 1.29 bits per heavy atom. The zero-order chi connectivity index (χ0) is 26.3. The molecule has 0 aromatic rings. The van der Waals surface area contributed by atoms with E-state index in [4.69, 9.17) is 14.2 Å². The number of carbonyl (C=O) groups is 4. The summed E-state index contributed by atoms with van der Waals surface area (Å²) < 4.78 is 17.5. The Morgan fingerprint density at radius 3 is 2.54 bits per heavy atom. The Balaban J connectivity index is 2.10. The van der Waals surface area contributed by atoms with E-state index in [0.29, 0.717) is 12.8 Å². The van der Waals surface area contributed by atoms with Gasteiger partial charge in [0.05, 0.1) is 23.4 Å². The second-order valence-electron chi connectivity index (χ2n) is 10.5. The minimum atomic E-state index is -1.27. The summed E-state index contributed by atoms with van der Waals surface area (Å²) in [7, 11) is 0. The van der Waals surface area contributed by atoms with Crippen molar-refractivity contribution < 1.29 is 38.5 Å². The van der Waals surface area contributed by atoms with E-state index in [1.54, 1.807) is 26.8 Å². The van der Waals surface area contributed by atoms with Gasteiger partial charge in [0.2, 0.25) is 0 Å². The van der Waals surface area contributed by atoms with Gasteiger partial charge in [-0.1, -0.05) is 39.0 Å². The normalized spacial score (nSPS) is 36.1. The van der Waals surface area contributed by atoms with Gasteiger partial charge in [-0.15, -0.1) is 0 Å². The number of ketones is 1. The van der Waals surface area contributed by atoms with Gasteiger partial charge in [0.1, 0.15) is 18.3 Å². The van der Waals surface area contributed by atoms with Crippen LogP contribution in [0.2, 0.25) is 0 Å². The highest BCUT2D eigenvalue weighted by Crippen LogP contribution is 2.55. The van der Waals surface area contributed by atoms with Crippen LogP contribution in [0.4, 0.5) is 0 Å². The highest BCUT2D eigenvalue weighted by Gasteiger charge is 2.65. The van der Waals surface area contributed by atoms with Crippen molar-refractivity contribution >= 4 is 23.7 Å². The van der Waals surface area contributed by atoms with Crippen molar-refractivity contribution in [1.29, 1.82) is 0 Å². The van der Waals surface area contributed by atoms with Crippen LogP contribution in [0.5, 0.6) is 0 Å². The van der Waals surface area contributed by atoms with E-state index in [1.165, 1.54) is 19.1 Å². The molecule has 8 nitrogen and oxygen atoms in total. The molecule has 192 valence electrons. The number of esters is 3. The molecule has 0 spiro atoms. The maximum atomic E-state index is 13.2. The fourth-order valence-corrected chi connectivity index (χ4v) is 5.36. The van der Waals surface area contributed by atoms with Crippen molar-refractivity contribution in [2.75, 3.05) is 0 Å². The summed E-state index contributed by atoms with van der Waals surface area (Å²) in [5, 5.41) is 10.4. The lowest BCUT2D eigenvalue weighted by Gasteiger charge is -2.42. The second-order valence-corrected chi connectivity index (χ2v) is 10.5. The zero-order valence-corrected chi connectivity index (χ0v) is 21.3. The van der Waals surface area contributed by atoms with Crippen LogP contribution in [0, 0.1) is 23.2 Å². The molecule has 1 N–H and O–H groups in total. The first-order valence-electron chi connectivity index (χ1n) is 12.2. The Morgan fingerprint density at radius 2 is 1.94 bits per heavy atom. The molecule has 8 heteroatoms. The Kier molecular flexibility index (Phi) is 7.46. The van der Waals surface area contributed by atoms with Crippen molar-refractivity contribution in [2.24, 2.45) is 23.2 Å². The van der Waals surface area contributed by atoms with E-state index in [1.807, 2.05) is 13.8 Å². The second kappa shape index (κ2) is 9.72. The van der Waals surface area contributed by atoms with Gasteiger partial charge in [0.15, 0.2) is 5.78 Å². The van der Waals surface area contributed by atoms with Gasteiger partial charge < -0.3 is 19.3 Å². The smallest absolute Gasteiger partial charge is 0.334 e. The van der Waals surface area contributed by atoms with Crippen LogP contribution in [0.25, 0.3) is 0 Å². The van der Waals surface area contributed by atoms with E-state index in [-0.39, 0.29) is 17.8 Å². The third-order valence-corrected chi connectivity index (χ3v) is 7.99. The average molecular weight is 489 g/mol. The van der Waals surface area contributed by atoms with Crippen LogP contribution >= 0.6 is 0 Å². The molecule has 2 bridgehead atoms. The molecular formula is C27H36O8. The minimum absolute atomic E-state index is 0.0240. The first-order valence-corrected chi connectivity index (χ1v) is 12.2. The molecule has 1 heterocycles. The van der Waals surface area contributed by atoms with Crippen LogP contribution in [0.1, 0.15) is 60.8 Å². The van der Waals surface area contributed by atoms with Crippen molar-refractivity contribution in [3.63, 3.8) is 0 Å². The molecule has 1 aliphatic heterocycles. The number of ether oxygens (including phenoxy) is 3. The van der Waals surface area contributed by atoms with E-state index >= 15 is 0 Å². The number of rotatable bonds is 7. The molecule has 0 radical (unpaired) electrons. The van der Waals surface area contributed by atoms with Crippen molar-refractivity contribution in [3.8, 4) is 0 Å². The fraction of sp³-hybridized carbons (Fsp3) is 0.630. The summed E-state index contributed by atoms with van der Waals surface area (Å²) in [5.74, 6) is -4.10. The van der Waals surface area contributed by atoms with Gasteiger partial charge in [-0.05, 0) is 45.6 Å². The lowest BCUT2D eigenvalue weighted by molar-refractivity contribution is -0.190. The number of aliphatic hydroxyl groups is 1. The highest BCUT2D eigenvalue weighted by atomic mass is 16.6. The maximum absolute atomic E-state index is 13.2. The van der Waals surface area contributed by atoms with E-state index in [0.717, 1.165) is 5.57 Å². The maximum Gasteiger partial charge on any atom is 0.334 e. The van der Waals surface area contributed by atoms with Gasteiger partial charge in [-0.2, -0.15) is 0 Å². The zero-order valence-electron chi connectivity index (χ0n) is 21.3. The molecule has 8 atom stereocenters. The third kappa shape index (κ3) is 4.85. The Hall–Kier alpha value is -2.74. The number of carbonyl (C=O) groups excluding carboxylic acids is 4. The first kappa shape index (κ1) is 26.9. The predicted octanol–water partition coefficient (Wildman–Crippen LogP) is 3.23. The van der Waals surface area contributed by atoms with Gasteiger partial charge in [-0.3, -0.25) is 9.59 Å². The first-order chi connectivity index (χ1) is 16.3. The van der Waals surface area contributed by atoms with Gasteiger partial charge in [0.25, 0.3) is 0 Å². The van der Waals surface area contributed by atoms with Gasteiger partial charge >= 0.3 is 17.9 Å². The molecule has 2 aliphatic carbocycles. The largest absolute Gasteiger partial charge is 0.457 e. The average Bonchev–Trinajstić information content (AvgIpc) is 3.06. The van der Waals surface area contributed by atoms with Gasteiger partial charge in [-0.25, -0.2) is 9.59 Å². The van der Waals surface area contributed by atoms with Crippen LogP contribution in [-0.2, 0) is 33.4 Å². The van der Waals surface area contributed by atoms with E-state index in [9.17, 15) is 24.3 Å². The monoisotopic (exact) mass is 488 g/mol. The minimum Gasteiger partial charge on any atom is -0.457 e. The number of hydrogen-bond acceptors (Lipinski definition) is 8. The van der Waals surface area contributed by atoms with Crippen LogP contribution in [0.3, 0.4) is 0 Å². The van der Waals surface area contributed by atoms with Crippen molar-refractivity contribution in [3.05, 3.63) is 36.0 Å². The SMILES string of the molecule is C=C1C(=O)O[C@@H]2[C@@H](C)[C@@H]3C=CC(=O)[C@@]3(C)[C@@H](OC(=O)/C=C(\C)CC)[C@H]1[C@@H]2OC(=O)CC(C)(O)CC. The molecule has 0 aromatic heterocycles. The molecule has 0 amide bonds. The molecule has 1 unspecified atom stereocenters. The summed E-state index contributed by atoms with van der Waals surface area (Å²) in [4.78, 5) is 51.8. The van der Waals surface area contributed by atoms with Crippen LogP contribution in [0.15, 0.2) is 36.0 Å². The summed E-state index contributed by atoms with van der Waals surface area (Å²) in [6, 6.07) is 0. The molecule has 3 aliphatic rings. The summed E-state index contributed by atoms with van der Waals surface area (Å²) in [6.07, 6.45) is 2.25. The summed E-state index contributed by atoms with van der Waals surface area (Å²) >= 11 is 0. The summed E-state index contributed by atoms with van der Waals surface area (Å²) in [6.45, 7) is 14.4. The third-order valence-electron chi connectivity index (χ3n) is 7.99. The standard InChI is InChI=1S/C27H36O8/c1-8-14(3)12-19(29)34-24-21-16(5)25(31)35-22(15(4)17-10-11-18(28)27(17,24)7)23(21)33-20(30)13-26(6,32)9-2/h10-12,15,17,21-24,32H,5,8-9,13H2,1-4,6-7H3/b14-12+/t15-,17-,21+,22+,23-,24-,26?,27-/m0/s1. The molecule has 35 heavy (non-hydrogen) atoms. The lowest BCUT2D eigenvalue weighted by atomic mass is 9.67. The molecule has 3 rings (SSSR count). The number of allylic oxidation sites excluding steroid dienone is 3. The summed E-state index contributed by atoms with van der Waals surface area (Å²) in [5.41, 5.74) is -1.71. The molecule has 2 fully saturated rings. The topological polar surface area (TPSA) is 116 Å². The molecule has 0 aromatic carbocycles. The highest BCUT2D eigenvalue weighted by molar-refractivity contribution is 5.99. The quantitative estimate of drug-likeness (QED) is 0.330. The van der Waals surface area contributed by atoms with Crippen molar-refractivity contribution in [1.82, 2.24) is 0 Å².